The van der Waals surface area contributed by atoms with E-state index >= 15 is 0 Å². The van der Waals surface area contributed by atoms with Crippen molar-refractivity contribution < 1.29 is 19.2 Å². The number of hydrazone groups is 1. The molecule has 112 valence electrons. The zero-order chi connectivity index (χ0) is 15.7. The molecule has 9 nitrogen and oxygen atoms in total. The lowest BCUT2D eigenvalue weighted by Crippen LogP contribution is -2.39. The Balaban J connectivity index is 2.57. The van der Waals surface area contributed by atoms with Gasteiger partial charge in [-0.15, -0.1) is 0 Å². The number of nitrogens with one attached hydrogen (secondary N) is 2. The van der Waals surface area contributed by atoms with Crippen LogP contribution in [0.5, 0.6) is 0 Å². The first-order valence-corrected chi connectivity index (χ1v) is 5.90. The van der Waals surface area contributed by atoms with Gasteiger partial charge in [0.05, 0.1) is 23.3 Å². The number of nitro benzene ring substituents is 1. The Morgan fingerprint density at radius 3 is 2.76 bits per heavy atom. The van der Waals surface area contributed by atoms with E-state index in [1.54, 1.807) is 6.07 Å². The van der Waals surface area contributed by atoms with Crippen molar-refractivity contribution in [1.82, 2.24) is 10.7 Å². The molecule has 0 radical (unpaired) electrons. The lowest BCUT2D eigenvalue weighted by Gasteiger charge is -2.02. The molecule has 0 unspecified atom stereocenters. The Kier molecular flexibility index (Phi) is 6.48. The van der Waals surface area contributed by atoms with E-state index < -0.39 is 16.7 Å². The van der Waals surface area contributed by atoms with Crippen molar-refractivity contribution in [3.63, 3.8) is 0 Å². The quantitative estimate of drug-likeness (QED) is 0.247. The first-order chi connectivity index (χ1) is 10.1. The molecule has 0 saturated carbocycles. The maximum absolute atomic E-state index is 11.3. The second-order valence-corrected chi connectivity index (χ2v) is 3.76. The molecule has 0 aliphatic heterocycles. The number of methoxy groups -OCH3 is 1. The van der Waals surface area contributed by atoms with Crippen LogP contribution in [0.1, 0.15) is 5.56 Å². The second-order valence-electron chi connectivity index (χ2n) is 3.76. The minimum atomic E-state index is -0.971. The predicted molar refractivity (Wildman–Crippen MR) is 73.7 cm³/mol. The first kappa shape index (κ1) is 16.2. The van der Waals surface area contributed by atoms with Crippen molar-refractivity contribution in [2.75, 3.05) is 20.3 Å². The summed E-state index contributed by atoms with van der Waals surface area (Å²) in [4.78, 5) is 32.8. The average molecular weight is 294 g/mol. The third-order valence-electron chi connectivity index (χ3n) is 2.30. The van der Waals surface area contributed by atoms with E-state index in [1.165, 1.54) is 25.3 Å². The molecule has 0 bridgehead atoms. The summed E-state index contributed by atoms with van der Waals surface area (Å²) in [6, 6.07) is 5.87. The number of para-hydroxylation sites is 1. The minimum absolute atomic E-state index is 0.153. The monoisotopic (exact) mass is 294 g/mol. The number of carbonyl (C=O) groups is 2. The van der Waals surface area contributed by atoms with E-state index in [1.807, 2.05) is 5.43 Å². The molecule has 21 heavy (non-hydrogen) atoms. The number of hydrogen-bond donors (Lipinski definition) is 2. The highest BCUT2D eigenvalue weighted by molar-refractivity contribution is 6.35. The number of amides is 2. The summed E-state index contributed by atoms with van der Waals surface area (Å²) in [7, 11) is 1.46. The Hall–Kier alpha value is -2.81. The molecule has 0 spiro atoms. The summed E-state index contributed by atoms with van der Waals surface area (Å²) in [5, 5.41) is 16.6. The van der Waals surface area contributed by atoms with Crippen molar-refractivity contribution in [2.24, 2.45) is 5.10 Å². The summed E-state index contributed by atoms with van der Waals surface area (Å²) in [6.45, 7) is 0.467. The Morgan fingerprint density at radius 2 is 2.10 bits per heavy atom. The van der Waals surface area contributed by atoms with Gasteiger partial charge in [0.15, 0.2) is 0 Å². The maximum atomic E-state index is 11.3. The van der Waals surface area contributed by atoms with Crippen molar-refractivity contribution >= 4 is 23.7 Å². The fraction of sp³-hybridized carbons (Fsp3) is 0.250. The summed E-state index contributed by atoms with van der Waals surface area (Å²) < 4.78 is 4.71. The Morgan fingerprint density at radius 1 is 1.38 bits per heavy atom. The van der Waals surface area contributed by atoms with Crippen LogP contribution in [0.4, 0.5) is 5.69 Å². The number of nitro groups is 1. The zero-order valence-electron chi connectivity index (χ0n) is 11.2. The van der Waals surface area contributed by atoms with Gasteiger partial charge in [0.1, 0.15) is 0 Å². The van der Waals surface area contributed by atoms with E-state index in [0.717, 1.165) is 6.21 Å². The molecule has 0 heterocycles. The van der Waals surface area contributed by atoms with Gasteiger partial charge in [-0.1, -0.05) is 12.1 Å². The van der Waals surface area contributed by atoms with E-state index in [2.05, 4.69) is 10.4 Å². The number of rotatable bonds is 6. The fourth-order valence-corrected chi connectivity index (χ4v) is 1.32. The molecular weight excluding hydrogens is 280 g/mol. The normalized spacial score (nSPS) is 10.3. The van der Waals surface area contributed by atoms with Crippen LogP contribution in [0.25, 0.3) is 0 Å². The number of benzene rings is 1. The van der Waals surface area contributed by atoms with E-state index in [9.17, 15) is 19.7 Å². The van der Waals surface area contributed by atoms with Crippen LogP contribution in [0.15, 0.2) is 29.4 Å². The topological polar surface area (TPSA) is 123 Å². The highest BCUT2D eigenvalue weighted by Gasteiger charge is 2.12. The summed E-state index contributed by atoms with van der Waals surface area (Å²) in [6.07, 6.45) is 1.10. The molecule has 1 aromatic rings. The fourth-order valence-electron chi connectivity index (χ4n) is 1.32. The molecule has 0 aromatic heterocycles. The Labute approximate surface area is 120 Å². The molecule has 0 saturated heterocycles. The van der Waals surface area contributed by atoms with Crippen LogP contribution in [-0.4, -0.2) is 43.2 Å². The summed E-state index contributed by atoms with van der Waals surface area (Å²) in [5.74, 6) is -1.84. The molecule has 0 aliphatic rings. The van der Waals surface area contributed by atoms with Gasteiger partial charge in [-0.25, -0.2) is 5.43 Å². The van der Waals surface area contributed by atoms with Crippen LogP contribution in [0, 0.1) is 10.1 Å². The van der Waals surface area contributed by atoms with Crippen LogP contribution < -0.4 is 10.7 Å². The van der Waals surface area contributed by atoms with Crippen LogP contribution >= 0.6 is 0 Å². The van der Waals surface area contributed by atoms with Gasteiger partial charge in [0, 0.05) is 19.7 Å². The molecule has 2 amide bonds. The van der Waals surface area contributed by atoms with Gasteiger partial charge >= 0.3 is 11.8 Å². The second kappa shape index (κ2) is 8.38. The third-order valence-corrected chi connectivity index (χ3v) is 2.30. The molecular formula is C12H14N4O5. The highest BCUT2D eigenvalue weighted by Crippen LogP contribution is 2.14. The van der Waals surface area contributed by atoms with E-state index in [0.29, 0.717) is 0 Å². The highest BCUT2D eigenvalue weighted by atomic mass is 16.6. The standard InChI is InChI=1S/C12H14N4O5/c1-21-7-6-13-11(17)12(18)15-14-8-9-4-2-3-5-10(9)16(19)20/h2-5,8H,6-7H2,1H3,(H,13,17)(H,15,18). The molecule has 0 fully saturated rings. The van der Waals surface area contributed by atoms with Crippen LogP contribution in [-0.2, 0) is 14.3 Å². The Bertz CT molecular complexity index is 558. The third kappa shape index (κ3) is 5.37. The predicted octanol–water partition coefficient (Wildman–Crippen LogP) is -0.192. The van der Waals surface area contributed by atoms with E-state index in [-0.39, 0.29) is 24.4 Å². The molecule has 0 aliphatic carbocycles. The molecule has 0 atom stereocenters. The van der Waals surface area contributed by atoms with Crippen molar-refractivity contribution in [1.29, 1.82) is 0 Å². The molecule has 1 rings (SSSR count). The SMILES string of the molecule is COCCNC(=O)C(=O)NN=Cc1ccccc1[N+](=O)[O-]. The molecule has 1 aromatic carbocycles. The maximum Gasteiger partial charge on any atom is 0.329 e. The summed E-state index contributed by atoms with van der Waals surface area (Å²) >= 11 is 0. The van der Waals surface area contributed by atoms with Crippen molar-refractivity contribution in [3.8, 4) is 0 Å². The van der Waals surface area contributed by atoms with E-state index in [4.69, 9.17) is 4.74 Å². The van der Waals surface area contributed by atoms with Crippen LogP contribution in [0.3, 0.4) is 0 Å². The number of nitrogens with zero attached hydrogens (tertiary/aromatic N) is 2. The van der Waals surface area contributed by atoms with Gasteiger partial charge in [-0.05, 0) is 6.07 Å². The molecule has 2 N–H and O–H groups in total. The first-order valence-electron chi connectivity index (χ1n) is 5.90. The lowest BCUT2D eigenvalue weighted by molar-refractivity contribution is -0.385. The van der Waals surface area contributed by atoms with Gasteiger partial charge in [0.2, 0.25) is 0 Å². The number of carbonyl (C=O) groups excluding carboxylic acids is 2. The van der Waals surface area contributed by atoms with Gasteiger partial charge in [-0.2, -0.15) is 5.10 Å². The number of ether oxygens (including phenoxy) is 1. The van der Waals surface area contributed by atoms with Crippen LogP contribution in [0.2, 0.25) is 0 Å². The lowest BCUT2D eigenvalue weighted by atomic mass is 10.2. The van der Waals surface area contributed by atoms with Gasteiger partial charge in [0.25, 0.3) is 5.69 Å². The largest absolute Gasteiger partial charge is 0.383 e. The number of hydrogen-bond acceptors (Lipinski definition) is 6. The smallest absolute Gasteiger partial charge is 0.329 e. The van der Waals surface area contributed by atoms with Gasteiger partial charge in [-0.3, -0.25) is 19.7 Å². The summed E-state index contributed by atoms with van der Waals surface area (Å²) in [5.41, 5.74) is 2.04. The molecule has 9 heteroatoms. The van der Waals surface area contributed by atoms with Gasteiger partial charge < -0.3 is 10.1 Å². The minimum Gasteiger partial charge on any atom is -0.383 e. The average Bonchev–Trinajstić information content (AvgIpc) is 2.47. The van der Waals surface area contributed by atoms with Crippen molar-refractivity contribution in [2.45, 2.75) is 0 Å². The van der Waals surface area contributed by atoms with Crippen molar-refractivity contribution in [3.05, 3.63) is 39.9 Å². The zero-order valence-corrected chi connectivity index (χ0v) is 11.2.